The average Bonchev–Trinajstić information content (AvgIpc) is 2.77. The first kappa shape index (κ1) is 14.6. The van der Waals surface area contributed by atoms with Crippen molar-refractivity contribution >= 4 is 5.69 Å². The van der Waals surface area contributed by atoms with Gasteiger partial charge in [-0.15, -0.1) is 0 Å². The van der Waals surface area contributed by atoms with Gasteiger partial charge in [0.15, 0.2) is 0 Å². The molecule has 0 radical (unpaired) electrons. The zero-order chi connectivity index (χ0) is 12.6. The van der Waals surface area contributed by atoms with Gasteiger partial charge in [-0.3, -0.25) is 14.8 Å². The summed E-state index contributed by atoms with van der Waals surface area (Å²) in [7, 11) is 1.62. The van der Waals surface area contributed by atoms with E-state index in [1.807, 2.05) is 20.8 Å². The molecule has 0 aliphatic heterocycles. The van der Waals surface area contributed by atoms with Gasteiger partial charge in [-0.05, 0) is 6.42 Å². The number of nitro groups is 1. The maximum Gasteiger partial charge on any atom is 0.306 e. The molecule has 0 saturated carbocycles. The summed E-state index contributed by atoms with van der Waals surface area (Å²) >= 11 is 0. The zero-order valence-electron chi connectivity index (χ0n) is 10.2. The van der Waals surface area contributed by atoms with Gasteiger partial charge in [0.2, 0.25) is 0 Å². The first-order valence-corrected chi connectivity index (χ1v) is 5.37. The molecule has 1 rings (SSSR count). The molecule has 1 aromatic heterocycles. The molecule has 16 heavy (non-hydrogen) atoms. The Hall–Kier alpha value is -1.43. The lowest BCUT2D eigenvalue weighted by atomic mass is 10.3. The van der Waals surface area contributed by atoms with E-state index >= 15 is 0 Å². The number of ether oxygens (including phenoxy) is 1. The van der Waals surface area contributed by atoms with Crippen molar-refractivity contribution in [1.82, 2.24) is 9.78 Å². The van der Waals surface area contributed by atoms with Crippen molar-refractivity contribution in [3.63, 3.8) is 0 Å². The van der Waals surface area contributed by atoms with Gasteiger partial charge >= 0.3 is 5.69 Å². The largest absolute Gasteiger partial charge is 0.380 e. The molecule has 0 aliphatic rings. The molecular weight excluding hydrogens is 210 g/mol. The van der Waals surface area contributed by atoms with E-state index in [0.717, 1.165) is 6.42 Å². The number of aromatic nitrogens is 2. The van der Waals surface area contributed by atoms with Crippen LogP contribution in [0, 0.1) is 10.1 Å². The number of hydrogen-bond donors (Lipinski definition) is 0. The summed E-state index contributed by atoms with van der Waals surface area (Å²) in [5.41, 5.74) is 0.0101. The second kappa shape index (κ2) is 7.81. The molecule has 1 heterocycles. The van der Waals surface area contributed by atoms with Gasteiger partial charge in [-0.25, -0.2) is 0 Å². The highest BCUT2D eigenvalue weighted by Gasteiger charge is 2.11. The molecule has 1 atom stereocenters. The number of rotatable bonds is 5. The fourth-order valence-electron chi connectivity index (χ4n) is 1.13. The minimum atomic E-state index is -0.461. The van der Waals surface area contributed by atoms with Crippen molar-refractivity contribution in [2.24, 2.45) is 0 Å². The third-order valence-corrected chi connectivity index (χ3v) is 2.01. The molecule has 92 valence electrons. The normalized spacial score (nSPS) is 11.5. The second-order valence-corrected chi connectivity index (χ2v) is 2.94. The molecule has 0 fully saturated rings. The van der Waals surface area contributed by atoms with Crippen LogP contribution in [0.3, 0.4) is 0 Å². The molecular formula is C10H19N3O3. The lowest BCUT2D eigenvalue weighted by Crippen LogP contribution is -2.17. The molecule has 0 aliphatic carbocycles. The van der Waals surface area contributed by atoms with E-state index in [9.17, 15) is 10.1 Å². The highest BCUT2D eigenvalue weighted by atomic mass is 16.6. The van der Waals surface area contributed by atoms with Crippen LogP contribution in [0.25, 0.3) is 0 Å². The van der Waals surface area contributed by atoms with Crippen molar-refractivity contribution in [2.45, 2.75) is 39.8 Å². The minimum Gasteiger partial charge on any atom is -0.380 e. The minimum absolute atomic E-state index is 0.0101. The summed E-state index contributed by atoms with van der Waals surface area (Å²) in [6, 6.07) is 0. The Morgan fingerprint density at radius 3 is 2.62 bits per heavy atom. The Morgan fingerprint density at radius 1 is 1.62 bits per heavy atom. The molecule has 0 bridgehead atoms. The van der Waals surface area contributed by atoms with Gasteiger partial charge < -0.3 is 4.74 Å². The van der Waals surface area contributed by atoms with Crippen LogP contribution in [-0.2, 0) is 11.3 Å². The van der Waals surface area contributed by atoms with E-state index in [1.54, 1.807) is 7.11 Å². The van der Waals surface area contributed by atoms with Crippen LogP contribution < -0.4 is 0 Å². The first-order valence-electron chi connectivity index (χ1n) is 5.37. The predicted molar refractivity (Wildman–Crippen MR) is 61.3 cm³/mol. The Balaban J connectivity index is 0.00000106. The van der Waals surface area contributed by atoms with Crippen molar-refractivity contribution < 1.29 is 9.66 Å². The zero-order valence-corrected chi connectivity index (χ0v) is 10.2. The first-order chi connectivity index (χ1) is 7.67. The lowest BCUT2D eigenvalue weighted by molar-refractivity contribution is -0.385. The van der Waals surface area contributed by atoms with E-state index < -0.39 is 4.92 Å². The van der Waals surface area contributed by atoms with Crippen LogP contribution in [0.15, 0.2) is 12.4 Å². The summed E-state index contributed by atoms with van der Waals surface area (Å²) in [6.07, 6.45) is 3.54. The molecule has 0 aromatic carbocycles. The fourth-order valence-corrected chi connectivity index (χ4v) is 1.13. The monoisotopic (exact) mass is 229 g/mol. The highest BCUT2D eigenvalue weighted by molar-refractivity contribution is 5.20. The summed E-state index contributed by atoms with van der Waals surface area (Å²) in [5.74, 6) is 0. The van der Waals surface area contributed by atoms with Crippen LogP contribution in [-0.4, -0.2) is 27.9 Å². The maximum atomic E-state index is 10.4. The van der Waals surface area contributed by atoms with Crippen molar-refractivity contribution in [3.8, 4) is 0 Å². The van der Waals surface area contributed by atoms with E-state index in [0.29, 0.717) is 6.54 Å². The van der Waals surface area contributed by atoms with Crippen LogP contribution in [0.5, 0.6) is 0 Å². The summed E-state index contributed by atoms with van der Waals surface area (Å²) in [5, 5.41) is 14.2. The fraction of sp³-hybridized carbons (Fsp3) is 0.700. The summed E-state index contributed by atoms with van der Waals surface area (Å²) in [6.45, 7) is 6.53. The van der Waals surface area contributed by atoms with Gasteiger partial charge in [0.25, 0.3) is 0 Å². The van der Waals surface area contributed by atoms with Crippen LogP contribution in [0.2, 0.25) is 0 Å². The number of nitrogens with zero attached hydrogens (tertiary/aromatic N) is 3. The second-order valence-electron chi connectivity index (χ2n) is 2.94. The topological polar surface area (TPSA) is 70.2 Å². The quantitative estimate of drug-likeness (QED) is 0.573. The molecule has 0 saturated heterocycles. The predicted octanol–water partition coefficient (Wildman–Crippen LogP) is 2.24. The lowest BCUT2D eigenvalue weighted by Gasteiger charge is -2.11. The van der Waals surface area contributed by atoms with Crippen LogP contribution in [0.4, 0.5) is 5.69 Å². The van der Waals surface area contributed by atoms with E-state index in [1.165, 1.54) is 17.1 Å². The molecule has 0 spiro atoms. The standard InChI is InChI=1S/C8H13N3O3.C2H6/c1-3-8(14-2)6-10-5-7(4-9-10)11(12)13;1-2/h4-5,8H,3,6H2,1-2H3;1-2H3. The molecule has 1 unspecified atom stereocenters. The van der Waals surface area contributed by atoms with Gasteiger partial charge in [-0.1, -0.05) is 20.8 Å². The number of methoxy groups -OCH3 is 1. The average molecular weight is 229 g/mol. The maximum absolute atomic E-state index is 10.4. The molecule has 6 heteroatoms. The van der Waals surface area contributed by atoms with Gasteiger partial charge in [0.1, 0.15) is 12.4 Å². The van der Waals surface area contributed by atoms with Crippen LogP contribution >= 0.6 is 0 Å². The van der Waals surface area contributed by atoms with E-state index in [4.69, 9.17) is 4.74 Å². The highest BCUT2D eigenvalue weighted by Crippen LogP contribution is 2.09. The van der Waals surface area contributed by atoms with Gasteiger partial charge in [0, 0.05) is 7.11 Å². The summed E-state index contributed by atoms with van der Waals surface area (Å²) in [4.78, 5) is 9.90. The van der Waals surface area contributed by atoms with Crippen molar-refractivity contribution in [1.29, 1.82) is 0 Å². The van der Waals surface area contributed by atoms with E-state index in [2.05, 4.69) is 5.10 Å². The van der Waals surface area contributed by atoms with Gasteiger partial charge in [0.05, 0.1) is 17.6 Å². The number of hydrogen-bond acceptors (Lipinski definition) is 4. The van der Waals surface area contributed by atoms with Crippen molar-refractivity contribution in [2.75, 3.05) is 7.11 Å². The van der Waals surface area contributed by atoms with Crippen molar-refractivity contribution in [3.05, 3.63) is 22.5 Å². The molecule has 1 aromatic rings. The Kier molecular flexibility index (Phi) is 7.11. The SMILES string of the molecule is CC.CCC(Cn1cc([N+](=O)[O-])cn1)OC. The Labute approximate surface area is 95.4 Å². The van der Waals surface area contributed by atoms with E-state index in [-0.39, 0.29) is 11.8 Å². The van der Waals surface area contributed by atoms with Crippen LogP contribution in [0.1, 0.15) is 27.2 Å². The summed E-state index contributed by atoms with van der Waals surface area (Å²) < 4.78 is 6.67. The van der Waals surface area contributed by atoms with Gasteiger partial charge in [-0.2, -0.15) is 5.10 Å². The molecule has 0 N–H and O–H groups in total. The third-order valence-electron chi connectivity index (χ3n) is 2.01. The third kappa shape index (κ3) is 4.39. The molecule has 6 nitrogen and oxygen atoms in total. The Morgan fingerprint density at radius 2 is 2.25 bits per heavy atom. The Bertz CT molecular complexity index is 308. The molecule has 0 amide bonds. The smallest absolute Gasteiger partial charge is 0.306 e.